The van der Waals surface area contributed by atoms with Crippen LogP contribution >= 0.6 is 0 Å². The molecule has 1 aliphatic rings. The summed E-state index contributed by atoms with van der Waals surface area (Å²) in [5, 5.41) is 2.63. The van der Waals surface area contributed by atoms with E-state index in [4.69, 9.17) is 5.73 Å². The van der Waals surface area contributed by atoms with Crippen LogP contribution in [0.15, 0.2) is 0 Å². The molecular weight excluding hydrogens is 128 g/mol. The minimum atomic E-state index is -0.396. The Kier molecular flexibility index (Phi) is 2.54. The molecule has 0 spiro atoms. The maximum absolute atomic E-state index is 10.3. The second kappa shape index (κ2) is 3.44. The lowest BCUT2D eigenvalue weighted by Gasteiger charge is -2.07. The van der Waals surface area contributed by atoms with E-state index < -0.39 is 6.03 Å². The number of primary amides is 1. The summed E-state index contributed by atoms with van der Waals surface area (Å²) in [6, 6.07) is -0.396. The summed E-state index contributed by atoms with van der Waals surface area (Å²) in [6.45, 7) is 0.773. The lowest BCUT2D eigenvalue weighted by molar-refractivity contribution is 0.247. The van der Waals surface area contributed by atoms with Gasteiger partial charge in [-0.15, -0.1) is 0 Å². The molecule has 0 heterocycles. The fourth-order valence-corrected chi connectivity index (χ4v) is 1.46. The molecule has 58 valence electrons. The van der Waals surface area contributed by atoms with Crippen molar-refractivity contribution in [2.45, 2.75) is 25.7 Å². The Morgan fingerprint density at radius 3 is 2.60 bits per heavy atom. The fraction of sp³-hybridized carbons (Fsp3) is 0.857. The van der Waals surface area contributed by atoms with Crippen LogP contribution in [0, 0.1) is 5.92 Å². The highest BCUT2D eigenvalue weighted by molar-refractivity contribution is 5.71. The molecule has 0 saturated heterocycles. The van der Waals surface area contributed by atoms with Crippen LogP contribution in [0.25, 0.3) is 0 Å². The summed E-state index contributed by atoms with van der Waals surface area (Å²) in [5.41, 5.74) is 4.92. The van der Waals surface area contributed by atoms with E-state index in [9.17, 15) is 4.79 Å². The second-order valence-corrected chi connectivity index (χ2v) is 2.90. The smallest absolute Gasteiger partial charge is 0.312 e. The van der Waals surface area contributed by atoms with Crippen molar-refractivity contribution in [3.8, 4) is 0 Å². The molecule has 0 aromatic rings. The first-order valence-electron chi connectivity index (χ1n) is 3.82. The van der Waals surface area contributed by atoms with Gasteiger partial charge in [-0.25, -0.2) is 4.79 Å². The molecule has 0 radical (unpaired) electrons. The lowest BCUT2D eigenvalue weighted by Crippen LogP contribution is -2.32. The number of urea groups is 1. The van der Waals surface area contributed by atoms with E-state index in [1.54, 1.807) is 0 Å². The Hall–Kier alpha value is -0.730. The highest BCUT2D eigenvalue weighted by atomic mass is 16.2. The fourth-order valence-electron chi connectivity index (χ4n) is 1.46. The van der Waals surface area contributed by atoms with Crippen molar-refractivity contribution in [2.24, 2.45) is 11.7 Å². The third-order valence-corrected chi connectivity index (χ3v) is 2.04. The number of hydrogen-bond acceptors (Lipinski definition) is 1. The number of amides is 2. The molecule has 3 nitrogen and oxygen atoms in total. The van der Waals surface area contributed by atoms with Gasteiger partial charge in [0.2, 0.25) is 0 Å². The minimum Gasteiger partial charge on any atom is -0.352 e. The number of rotatable bonds is 2. The van der Waals surface area contributed by atoms with Gasteiger partial charge in [0.05, 0.1) is 0 Å². The molecule has 0 aromatic heterocycles. The third kappa shape index (κ3) is 2.25. The Bertz CT molecular complexity index is 119. The molecule has 0 aromatic carbocycles. The van der Waals surface area contributed by atoms with E-state index in [1.807, 2.05) is 0 Å². The van der Waals surface area contributed by atoms with E-state index in [0.717, 1.165) is 6.54 Å². The summed E-state index contributed by atoms with van der Waals surface area (Å²) in [7, 11) is 0. The van der Waals surface area contributed by atoms with Gasteiger partial charge >= 0.3 is 6.03 Å². The highest BCUT2D eigenvalue weighted by Gasteiger charge is 2.14. The molecule has 1 rings (SSSR count). The van der Waals surface area contributed by atoms with Gasteiger partial charge in [-0.1, -0.05) is 12.8 Å². The zero-order chi connectivity index (χ0) is 7.40. The van der Waals surface area contributed by atoms with Crippen molar-refractivity contribution < 1.29 is 4.79 Å². The Morgan fingerprint density at radius 1 is 1.50 bits per heavy atom. The molecule has 10 heavy (non-hydrogen) atoms. The van der Waals surface area contributed by atoms with Crippen LogP contribution in [0.3, 0.4) is 0 Å². The first kappa shape index (κ1) is 7.38. The number of nitrogens with two attached hydrogens (primary N) is 1. The van der Waals surface area contributed by atoms with Crippen molar-refractivity contribution >= 4 is 6.03 Å². The van der Waals surface area contributed by atoms with Crippen LogP contribution in [-0.2, 0) is 0 Å². The lowest BCUT2D eigenvalue weighted by atomic mass is 10.1. The molecule has 3 N–H and O–H groups in total. The normalized spacial score (nSPS) is 19.2. The average Bonchev–Trinajstić information content (AvgIpc) is 2.34. The van der Waals surface area contributed by atoms with Gasteiger partial charge in [-0.2, -0.15) is 0 Å². The van der Waals surface area contributed by atoms with Crippen LogP contribution in [0.4, 0.5) is 4.79 Å². The molecule has 1 aliphatic carbocycles. The summed E-state index contributed by atoms with van der Waals surface area (Å²) < 4.78 is 0. The topological polar surface area (TPSA) is 55.1 Å². The Labute approximate surface area is 61.0 Å². The summed E-state index contributed by atoms with van der Waals surface area (Å²) in [5.74, 6) is 0.687. The molecule has 1 fully saturated rings. The van der Waals surface area contributed by atoms with Crippen LogP contribution in [0.5, 0.6) is 0 Å². The molecule has 3 heteroatoms. The van der Waals surface area contributed by atoms with Gasteiger partial charge in [-0.3, -0.25) is 0 Å². The van der Waals surface area contributed by atoms with Gasteiger partial charge in [0, 0.05) is 6.54 Å². The molecule has 1 saturated carbocycles. The van der Waals surface area contributed by atoms with Crippen molar-refractivity contribution in [2.75, 3.05) is 6.54 Å². The largest absolute Gasteiger partial charge is 0.352 e. The van der Waals surface area contributed by atoms with E-state index in [2.05, 4.69) is 5.32 Å². The molecule has 0 atom stereocenters. The molecule has 2 amide bonds. The van der Waals surface area contributed by atoms with Crippen LogP contribution in [-0.4, -0.2) is 12.6 Å². The van der Waals surface area contributed by atoms with E-state index in [0.29, 0.717) is 5.92 Å². The van der Waals surface area contributed by atoms with Gasteiger partial charge in [0.25, 0.3) is 0 Å². The quantitative estimate of drug-likeness (QED) is 0.590. The maximum atomic E-state index is 10.3. The van der Waals surface area contributed by atoms with Crippen molar-refractivity contribution in [3.05, 3.63) is 0 Å². The molecule has 0 aliphatic heterocycles. The minimum absolute atomic E-state index is 0.396. The van der Waals surface area contributed by atoms with Crippen molar-refractivity contribution in [1.29, 1.82) is 0 Å². The molecule has 0 unspecified atom stereocenters. The number of nitrogens with one attached hydrogen (secondary N) is 1. The van der Waals surface area contributed by atoms with Crippen molar-refractivity contribution in [3.63, 3.8) is 0 Å². The third-order valence-electron chi connectivity index (χ3n) is 2.04. The monoisotopic (exact) mass is 142 g/mol. The van der Waals surface area contributed by atoms with Crippen molar-refractivity contribution in [1.82, 2.24) is 5.32 Å². The van der Waals surface area contributed by atoms with Crippen LogP contribution < -0.4 is 11.1 Å². The number of carbonyl (C=O) groups excluding carboxylic acids is 1. The predicted octanol–water partition coefficient (Wildman–Crippen LogP) is 0.845. The summed E-state index contributed by atoms with van der Waals surface area (Å²) in [4.78, 5) is 10.3. The Morgan fingerprint density at radius 2 is 2.10 bits per heavy atom. The predicted molar refractivity (Wildman–Crippen MR) is 39.5 cm³/mol. The van der Waals surface area contributed by atoms with Crippen LogP contribution in [0.2, 0.25) is 0 Å². The van der Waals surface area contributed by atoms with Gasteiger partial charge < -0.3 is 11.1 Å². The second-order valence-electron chi connectivity index (χ2n) is 2.90. The first-order valence-corrected chi connectivity index (χ1v) is 3.82. The summed E-state index contributed by atoms with van der Waals surface area (Å²) in [6.07, 6.45) is 5.12. The van der Waals surface area contributed by atoms with E-state index in [1.165, 1.54) is 25.7 Å². The molecular formula is C7H14N2O. The average molecular weight is 142 g/mol. The van der Waals surface area contributed by atoms with Gasteiger partial charge in [0.1, 0.15) is 0 Å². The van der Waals surface area contributed by atoms with Crippen LogP contribution in [0.1, 0.15) is 25.7 Å². The molecule has 0 bridgehead atoms. The number of hydrogen-bond donors (Lipinski definition) is 2. The van der Waals surface area contributed by atoms with Gasteiger partial charge in [-0.05, 0) is 18.8 Å². The Balaban J connectivity index is 2.07. The summed E-state index contributed by atoms with van der Waals surface area (Å²) >= 11 is 0. The zero-order valence-electron chi connectivity index (χ0n) is 6.10. The van der Waals surface area contributed by atoms with E-state index >= 15 is 0 Å². The maximum Gasteiger partial charge on any atom is 0.312 e. The standard InChI is InChI=1S/C7H14N2O/c8-7(10)9-5-6-3-1-2-4-6/h6H,1-5H2,(H3,8,9,10). The highest BCUT2D eigenvalue weighted by Crippen LogP contribution is 2.23. The number of carbonyl (C=O) groups is 1. The first-order chi connectivity index (χ1) is 4.79. The zero-order valence-corrected chi connectivity index (χ0v) is 6.10. The SMILES string of the molecule is NC(=O)NCC1CCCC1. The van der Waals surface area contributed by atoms with E-state index in [-0.39, 0.29) is 0 Å². The van der Waals surface area contributed by atoms with Gasteiger partial charge in [0.15, 0.2) is 0 Å².